The van der Waals surface area contributed by atoms with Gasteiger partial charge in [-0.05, 0) is 13.0 Å². The third-order valence-corrected chi connectivity index (χ3v) is 2.17. The van der Waals surface area contributed by atoms with Gasteiger partial charge in [-0.15, -0.1) is 0 Å². The molecule has 4 nitrogen and oxygen atoms in total. The van der Waals surface area contributed by atoms with Crippen LogP contribution < -0.4 is 16.2 Å². The summed E-state index contributed by atoms with van der Waals surface area (Å²) in [6, 6.07) is 5.78. The molecule has 0 aromatic heterocycles. The van der Waals surface area contributed by atoms with E-state index in [0.29, 0.717) is 0 Å². The minimum Gasteiger partial charge on any atom is -0.434 e. The normalized spacial score (nSPS) is 14.6. The highest BCUT2D eigenvalue weighted by Crippen LogP contribution is 2.28. The molecule has 0 saturated carbocycles. The van der Waals surface area contributed by atoms with Crippen LogP contribution in [0.1, 0.15) is 12.5 Å². The molecule has 1 aromatic rings. The molecule has 88 valence electrons. The summed E-state index contributed by atoms with van der Waals surface area (Å²) in [7, 11) is 0. The molecule has 0 aliphatic rings. The van der Waals surface area contributed by atoms with E-state index in [9.17, 15) is 13.6 Å². The van der Waals surface area contributed by atoms with E-state index in [-0.39, 0.29) is 11.3 Å². The van der Waals surface area contributed by atoms with E-state index in [1.165, 1.54) is 25.1 Å². The molecule has 1 aromatic carbocycles. The first-order valence-corrected chi connectivity index (χ1v) is 4.49. The fourth-order valence-electron chi connectivity index (χ4n) is 1.23. The highest BCUT2D eigenvalue weighted by Gasteiger charge is 2.31. The number of carbonyl (C=O) groups excluding carboxylic acids is 1. The molecule has 0 aliphatic carbocycles. The lowest BCUT2D eigenvalue weighted by molar-refractivity contribution is -0.123. The zero-order chi connectivity index (χ0) is 12.3. The number of alkyl halides is 2. The van der Waals surface area contributed by atoms with Crippen LogP contribution in [0, 0.1) is 0 Å². The Hall–Kier alpha value is -1.69. The summed E-state index contributed by atoms with van der Waals surface area (Å²) < 4.78 is 28.5. The Morgan fingerprint density at radius 3 is 2.50 bits per heavy atom. The SMILES string of the molecule is CC(N)(C(N)=O)c1ccccc1OC(F)F. The fourth-order valence-corrected chi connectivity index (χ4v) is 1.23. The van der Waals surface area contributed by atoms with Gasteiger partial charge in [0, 0.05) is 5.56 Å². The van der Waals surface area contributed by atoms with Crippen molar-refractivity contribution in [3.8, 4) is 5.75 Å². The van der Waals surface area contributed by atoms with Crippen molar-refractivity contribution in [2.45, 2.75) is 19.1 Å². The predicted molar refractivity (Wildman–Crippen MR) is 53.8 cm³/mol. The van der Waals surface area contributed by atoms with Gasteiger partial charge in [-0.1, -0.05) is 18.2 Å². The first kappa shape index (κ1) is 12.4. The molecule has 0 bridgehead atoms. The fraction of sp³-hybridized carbons (Fsp3) is 0.300. The molecule has 1 unspecified atom stereocenters. The smallest absolute Gasteiger partial charge is 0.387 e. The second kappa shape index (κ2) is 4.44. The number of hydrogen-bond donors (Lipinski definition) is 2. The number of para-hydroxylation sites is 1. The summed E-state index contributed by atoms with van der Waals surface area (Å²) >= 11 is 0. The van der Waals surface area contributed by atoms with E-state index in [1.54, 1.807) is 6.07 Å². The van der Waals surface area contributed by atoms with Gasteiger partial charge in [0.05, 0.1) is 0 Å². The Kier molecular flexibility index (Phi) is 3.44. The van der Waals surface area contributed by atoms with E-state index in [1.807, 2.05) is 0 Å². The summed E-state index contributed by atoms with van der Waals surface area (Å²) in [4.78, 5) is 11.1. The minimum absolute atomic E-state index is 0.128. The second-order valence-electron chi connectivity index (χ2n) is 3.44. The third-order valence-electron chi connectivity index (χ3n) is 2.17. The first-order valence-electron chi connectivity index (χ1n) is 4.49. The van der Waals surface area contributed by atoms with Crippen molar-refractivity contribution >= 4 is 5.91 Å². The quantitative estimate of drug-likeness (QED) is 0.808. The van der Waals surface area contributed by atoms with Crippen LogP contribution in [0.4, 0.5) is 8.78 Å². The van der Waals surface area contributed by atoms with Crippen molar-refractivity contribution < 1.29 is 18.3 Å². The molecular formula is C10H12F2N2O2. The number of amides is 1. The van der Waals surface area contributed by atoms with Gasteiger partial charge in [0.1, 0.15) is 11.3 Å². The number of nitrogens with two attached hydrogens (primary N) is 2. The van der Waals surface area contributed by atoms with Gasteiger partial charge >= 0.3 is 6.61 Å². The number of benzene rings is 1. The molecule has 4 N–H and O–H groups in total. The van der Waals surface area contributed by atoms with Crippen LogP contribution in [-0.4, -0.2) is 12.5 Å². The van der Waals surface area contributed by atoms with Gasteiger partial charge in [-0.2, -0.15) is 8.78 Å². The summed E-state index contributed by atoms with van der Waals surface area (Å²) in [5.74, 6) is -0.973. The maximum atomic E-state index is 12.1. The lowest BCUT2D eigenvalue weighted by Gasteiger charge is -2.23. The predicted octanol–water partition coefficient (Wildman–Crippen LogP) is 0.947. The van der Waals surface area contributed by atoms with E-state index in [0.717, 1.165) is 0 Å². The minimum atomic E-state index is -2.98. The van der Waals surface area contributed by atoms with Gasteiger partial charge in [0.15, 0.2) is 0 Å². The summed E-state index contributed by atoms with van der Waals surface area (Å²) in [5.41, 5.74) is 9.33. The molecule has 0 fully saturated rings. The van der Waals surface area contributed by atoms with Crippen molar-refractivity contribution in [1.29, 1.82) is 0 Å². The van der Waals surface area contributed by atoms with Crippen LogP contribution in [0.15, 0.2) is 24.3 Å². The molecule has 6 heteroatoms. The molecule has 0 aliphatic heterocycles. The van der Waals surface area contributed by atoms with E-state index < -0.39 is 18.1 Å². The van der Waals surface area contributed by atoms with Gasteiger partial charge in [-0.25, -0.2) is 0 Å². The summed E-state index contributed by atoms with van der Waals surface area (Å²) in [6.45, 7) is -1.65. The topological polar surface area (TPSA) is 78.3 Å². The zero-order valence-corrected chi connectivity index (χ0v) is 8.61. The van der Waals surface area contributed by atoms with E-state index in [2.05, 4.69) is 4.74 Å². The third kappa shape index (κ3) is 2.46. The summed E-state index contributed by atoms with van der Waals surface area (Å²) in [6.07, 6.45) is 0. The van der Waals surface area contributed by atoms with Crippen molar-refractivity contribution in [2.75, 3.05) is 0 Å². The van der Waals surface area contributed by atoms with Gasteiger partial charge < -0.3 is 16.2 Å². The molecular weight excluding hydrogens is 218 g/mol. The maximum Gasteiger partial charge on any atom is 0.387 e. The first-order chi connectivity index (χ1) is 7.35. The Balaban J connectivity index is 3.17. The molecule has 1 atom stereocenters. The zero-order valence-electron chi connectivity index (χ0n) is 8.61. The molecule has 1 amide bonds. The van der Waals surface area contributed by atoms with Gasteiger partial charge in [0.2, 0.25) is 5.91 Å². The number of ether oxygens (including phenoxy) is 1. The van der Waals surface area contributed by atoms with Crippen LogP contribution in [0.25, 0.3) is 0 Å². The van der Waals surface area contributed by atoms with Crippen LogP contribution in [0.5, 0.6) is 5.75 Å². The number of rotatable bonds is 4. The average molecular weight is 230 g/mol. The standard InChI is InChI=1S/C10H12F2N2O2/c1-10(14,8(13)15)6-4-2-3-5-7(6)16-9(11)12/h2-5,9H,14H2,1H3,(H2,13,15). The van der Waals surface area contributed by atoms with Crippen LogP contribution in [0.3, 0.4) is 0 Å². The number of hydrogen-bond acceptors (Lipinski definition) is 3. The van der Waals surface area contributed by atoms with Gasteiger partial charge in [-0.3, -0.25) is 4.79 Å². The van der Waals surface area contributed by atoms with Gasteiger partial charge in [0.25, 0.3) is 0 Å². The van der Waals surface area contributed by atoms with E-state index in [4.69, 9.17) is 11.5 Å². The molecule has 0 saturated heterocycles. The van der Waals surface area contributed by atoms with Crippen molar-refractivity contribution in [3.05, 3.63) is 29.8 Å². The van der Waals surface area contributed by atoms with E-state index >= 15 is 0 Å². The maximum absolute atomic E-state index is 12.1. The largest absolute Gasteiger partial charge is 0.434 e. The molecule has 0 heterocycles. The summed E-state index contributed by atoms with van der Waals surface area (Å²) in [5, 5.41) is 0. The monoisotopic (exact) mass is 230 g/mol. The second-order valence-corrected chi connectivity index (χ2v) is 3.44. The van der Waals surface area contributed by atoms with Crippen molar-refractivity contribution in [2.24, 2.45) is 11.5 Å². The molecule has 0 spiro atoms. The Bertz CT molecular complexity index is 394. The van der Waals surface area contributed by atoms with Crippen LogP contribution >= 0.6 is 0 Å². The number of halogens is 2. The Morgan fingerprint density at radius 2 is 2.00 bits per heavy atom. The number of primary amides is 1. The highest BCUT2D eigenvalue weighted by atomic mass is 19.3. The van der Waals surface area contributed by atoms with Crippen LogP contribution in [0.2, 0.25) is 0 Å². The lowest BCUT2D eigenvalue weighted by atomic mass is 9.92. The van der Waals surface area contributed by atoms with Crippen LogP contribution in [-0.2, 0) is 10.3 Å². The lowest BCUT2D eigenvalue weighted by Crippen LogP contribution is -2.46. The average Bonchev–Trinajstić information content (AvgIpc) is 2.17. The Labute approximate surface area is 91.2 Å². The number of carbonyl (C=O) groups is 1. The highest BCUT2D eigenvalue weighted by molar-refractivity contribution is 5.86. The molecule has 1 rings (SSSR count). The van der Waals surface area contributed by atoms with Crippen molar-refractivity contribution in [3.63, 3.8) is 0 Å². The molecule has 0 radical (unpaired) electrons. The van der Waals surface area contributed by atoms with Crippen molar-refractivity contribution in [1.82, 2.24) is 0 Å². The Morgan fingerprint density at radius 1 is 1.44 bits per heavy atom. The molecule has 16 heavy (non-hydrogen) atoms.